The number of carbonyl (C=O) groups excluding carboxylic acids is 2. The Labute approximate surface area is 399 Å². The number of ether oxygens (including phenoxy) is 1. The van der Waals surface area contributed by atoms with Gasteiger partial charge in [0.05, 0.1) is 25.4 Å². The number of nitrogens with one attached hydrogen (secondary N) is 1. The second kappa shape index (κ2) is 54.0. The first-order valence-electron chi connectivity index (χ1n) is 28.6. The summed E-state index contributed by atoms with van der Waals surface area (Å²) < 4.78 is 5.49. The van der Waals surface area contributed by atoms with E-state index >= 15 is 0 Å². The van der Waals surface area contributed by atoms with Crippen molar-refractivity contribution in [3.63, 3.8) is 0 Å². The molecule has 0 saturated carbocycles. The quantitative estimate of drug-likeness (QED) is 0.0321. The summed E-state index contributed by atoms with van der Waals surface area (Å²) in [6, 6.07) is -0.546. The molecule has 0 aromatic rings. The molecule has 6 heteroatoms. The van der Waals surface area contributed by atoms with E-state index in [0.717, 1.165) is 44.9 Å². The van der Waals surface area contributed by atoms with Gasteiger partial charge in [0, 0.05) is 12.8 Å². The lowest BCUT2D eigenvalue weighted by Gasteiger charge is -2.22. The van der Waals surface area contributed by atoms with E-state index in [1.807, 2.05) is 0 Å². The van der Waals surface area contributed by atoms with E-state index in [-0.39, 0.29) is 18.5 Å². The number of rotatable bonds is 53. The van der Waals surface area contributed by atoms with Crippen LogP contribution in [-0.4, -0.2) is 47.4 Å². The maximum atomic E-state index is 12.4. The summed E-state index contributed by atoms with van der Waals surface area (Å²) in [5.41, 5.74) is 0. The highest BCUT2D eigenvalue weighted by Crippen LogP contribution is 2.16. The van der Waals surface area contributed by atoms with Crippen LogP contribution in [0.25, 0.3) is 0 Å². The van der Waals surface area contributed by atoms with Crippen molar-refractivity contribution in [3.05, 3.63) is 24.3 Å². The predicted octanol–water partition coefficient (Wildman–Crippen LogP) is 17.5. The number of unbranched alkanes of at least 4 members (excludes halogenated alkanes) is 38. The van der Waals surface area contributed by atoms with E-state index in [1.165, 1.54) is 231 Å². The average molecular weight is 903 g/mol. The second-order valence-corrected chi connectivity index (χ2v) is 19.6. The fourth-order valence-electron chi connectivity index (χ4n) is 8.81. The van der Waals surface area contributed by atoms with Crippen molar-refractivity contribution in [2.45, 2.75) is 321 Å². The first-order valence-corrected chi connectivity index (χ1v) is 28.6. The van der Waals surface area contributed by atoms with Gasteiger partial charge in [0.25, 0.3) is 0 Å². The summed E-state index contributed by atoms with van der Waals surface area (Å²) >= 11 is 0. The minimum Gasteiger partial charge on any atom is -0.466 e. The van der Waals surface area contributed by atoms with E-state index in [9.17, 15) is 19.8 Å². The minimum absolute atomic E-state index is 0.00340. The van der Waals surface area contributed by atoms with E-state index in [2.05, 4.69) is 43.5 Å². The van der Waals surface area contributed by atoms with Crippen molar-refractivity contribution in [2.75, 3.05) is 13.2 Å². The third kappa shape index (κ3) is 49.8. The van der Waals surface area contributed by atoms with Gasteiger partial charge in [-0.3, -0.25) is 9.59 Å². The standard InChI is InChI=1S/C58H111NO5/c1-3-5-7-9-11-13-14-15-16-17-19-23-26-29-32-36-40-44-48-52-58(63)64-53-49-45-41-37-33-30-27-24-21-18-20-22-25-28-31-35-39-43-47-51-57(62)59-55(54-60)56(61)50-46-42-38-34-12-10-8-6-4-2/h15-16,18,20,55-56,60-61H,3-14,17,19,21-54H2,1-2H3,(H,59,62)/b16-15-,20-18-. The number of carbonyl (C=O) groups is 2. The highest BCUT2D eigenvalue weighted by Gasteiger charge is 2.20. The van der Waals surface area contributed by atoms with Crippen LogP contribution < -0.4 is 5.32 Å². The number of aliphatic hydroxyl groups is 2. The number of hydrogen-bond donors (Lipinski definition) is 3. The Morgan fingerprint density at radius 3 is 1.11 bits per heavy atom. The summed E-state index contributed by atoms with van der Waals surface area (Å²) in [5, 5.41) is 23.1. The lowest BCUT2D eigenvalue weighted by atomic mass is 10.0. The van der Waals surface area contributed by atoms with Gasteiger partial charge in [0.2, 0.25) is 5.91 Å². The molecule has 64 heavy (non-hydrogen) atoms. The SMILES string of the molecule is CCCCCCCC/C=C\CCCCCCCCCCCC(=O)OCCCCCCCCCC/C=C\CCCCCCCCCC(=O)NC(CO)C(O)CCCCCCCCCCC. The summed E-state index contributed by atoms with van der Waals surface area (Å²) in [7, 11) is 0. The fraction of sp³-hybridized carbons (Fsp3) is 0.897. The summed E-state index contributed by atoms with van der Waals surface area (Å²) in [5.74, 6) is -0.0434. The van der Waals surface area contributed by atoms with Crippen LogP contribution in [0.1, 0.15) is 309 Å². The molecule has 0 radical (unpaired) electrons. The third-order valence-electron chi connectivity index (χ3n) is 13.2. The molecule has 0 fully saturated rings. The number of aliphatic hydroxyl groups excluding tert-OH is 2. The summed E-state index contributed by atoms with van der Waals surface area (Å²) in [4.78, 5) is 24.5. The van der Waals surface area contributed by atoms with E-state index in [0.29, 0.717) is 25.9 Å². The molecule has 6 nitrogen and oxygen atoms in total. The molecule has 0 aromatic heterocycles. The van der Waals surface area contributed by atoms with Gasteiger partial charge < -0.3 is 20.3 Å². The van der Waals surface area contributed by atoms with Gasteiger partial charge in [0.1, 0.15) is 0 Å². The fourth-order valence-corrected chi connectivity index (χ4v) is 8.81. The van der Waals surface area contributed by atoms with Crippen LogP contribution in [0.5, 0.6) is 0 Å². The van der Waals surface area contributed by atoms with E-state index < -0.39 is 12.1 Å². The van der Waals surface area contributed by atoms with Crippen LogP contribution in [0, 0.1) is 0 Å². The van der Waals surface area contributed by atoms with Gasteiger partial charge in [-0.25, -0.2) is 0 Å². The van der Waals surface area contributed by atoms with Crippen molar-refractivity contribution in [1.82, 2.24) is 5.32 Å². The van der Waals surface area contributed by atoms with Crippen LogP contribution in [-0.2, 0) is 14.3 Å². The van der Waals surface area contributed by atoms with Crippen molar-refractivity contribution in [3.8, 4) is 0 Å². The van der Waals surface area contributed by atoms with Gasteiger partial charge in [-0.2, -0.15) is 0 Å². The van der Waals surface area contributed by atoms with Gasteiger partial charge in [-0.05, 0) is 77.0 Å². The van der Waals surface area contributed by atoms with Crippen LogP contribution in [0.4, 0.5) is 0 Å². The molecule has 0 heterocycles. The zero-order valence-corrected chi connectivity index (χ0v) is 43.0. The van der Waals surface area contributed by atoms with Gasteiger partial charge in [-0.15, -0.1) is 0 Å². The zero-order chi connectivity index (χ0) is 46.5. The Balaban J connectivity index is 3.39. The van der Waals surface area contributed by atoms with Crippen LogP contribution in [0.3, 0.4) is 0 Å². The molecule has 0 aliphatic heterocycles. The van der Waals surface area contributed by atoms with Gasteiger partial charge in [-0.1, -0.05) is 244 Å². The predicted molar refractivity (Wildman–Crippen MR) is 278 cm³/mol. The van der Waals surface area contributed by atoms with Crippen LogP contribution >= 0.6 is 0 Å². The molecule has 0 aliphatic rings. The van der Waals surface area contributed by atoms with Crippen molar-refractivity contribution >= 4 is 11.9 Å². The number of hydrogen-bond acceptors (Lipinski definition) is 5. The molecule has 3 N–H and O–H groups in total. The number of esters is 1. The monoisotopic (exact) mass is 902 g/mol. The molecule has 378 valence electrons. The van der Waals surface area contributed by atoms with E-state index in [1.54, 1.807) is 0 Å². The van der Waals surface area contributed by atoms with Crippen molar-refractivity contribution in [2.24, 2.45) is 0 Å². The highest BCUT2D eigenvalue weighted by molar-refractivity contribution is 5.76. The Bertz CT molecular complexity index is 997. The first-order chi connectivity index (χ1) is 31.5. The van der Waals surface area contributed by atoms with Crippen LogP contribution in [0.2, 0.25) is 0 Å². The molecular formula is C58H111NO5. The smallest absolute Gasteiger partial charge is 0.305 e. The Hall–Kier alpha value is -1.66. The minimum atomic E-state index is -0.668. The molecule has 0 aliphatic carbocycles. The molecule has 0 saturated heterocycles. The van der Waals surface area contributed by atoms with E-state index in [4.69, 9.17) is 4.74 Å². The van der Waals surface area contributed by atoms with Crippen molar-refractivity contribution in [1.29, 1.82) is 0 Å². The lowest BCUT2D eigenvalue weighted by Crippen LogP contribution is -2.45. The molecule has 0 aromatic carbocycles. The Morgan fingerprint density at radius 2 is 0.734 bits per heavy atom. The molecule has 0 bridgehead atoms. The van der Waals surface area contributed by atoms with Gasteiger partial charge >= 0.3 is 5.97 Å². The zero-order valence-electron chi connectivity index (χ0n) is 43.0. The average Bonchev–Trinajstić information content (AvgIpc) is 3.29. The summed E-state index contributed by atoms with van der Waals surface area (Å²) in [6.07, 6.45) is 64.6. The maximum absolute atomic E-state index is 12.4. The third-order valence-corrected chi connectivity index (χ3v) is 13.2. The molecule has 2 atom stereocenters. The largest absolute Gasteiger partial charge is 0.466 e. The lowest BCUT2D eigenvalue weighted by molar-refractivity contribution is -0.143. The highest BCUT2D eigenvalue weighted by atomic mass is 16.5. The topological polar surface area (TPSA) is 95.9 Å². The maximum Gasteiger partial charge on any atom is 0.305 e. The van der Waals surface area contributed by atoms with Crippen molar-refractivity contribution < 1.29 is 24.5 Å². The molecule has 0 spiro atoms. The second-order valence-electron chi connectivity index (χ2n) is 19.6. The van der Waals surface area contributed by atoms with Crippen LogP contribution in [0.15, 0.2) is 24.3 Å². The number of amides is 1. The number of allylic oxidation sites excluding steroid dienone is 4. The van der Waals surface area contributed by atoms with Gasteiger partial charge in [0.15, 0.2) is 0 Å². The Morgan fingerprint density at radius 1 is 0.422 bits per heavy atom. The molecule has 1 amide bonds. The molecular weight excluding hydrogens is 791 g/mol. The molecule has 0 rings (SSSR count). The normalized spacial score (nSPS) is 12.8. The Kier molecular flexibility index (Phi) is 52.6. The first kappa shape index (κ1) is 62.3. The summed E-state index contributed by atoms with van der Waals surface area (Å²) in [6.45, 7) is 4.92. The molecule has 2 unspecified atom stereocenters.